The van der Waals surface area contributed by atoms with Crippen molar-refractivity contribution in [1.82, 2.24) is 4.90 Å². The zero-order valence-corrected chi connectivity index (χ0v) is 16.3. The van der Waals surface area contributed by atoms with E-state index >= 15 is 0 Å². The molecule has 0 aromatic carbocycles. The molecule has 1 rings (SSSR count). The van der Waals surface area contributed by atoms with Crippen LogP contribution in [0.5, 0.6) is 0 Å². The third kappa shape index (κ3) is 11.8. The van der Waals surface area contributed by atoms with Gasteiger partial charge in [-0.15, -0.1) is 0 Å². The Morgan fingerprint density at radius 1 is 0.920 bits per heavy atom. The molecule has 1 heterocycles. The largest absolute Gasteiger partial charge is 0.357 e. The second kappa shape index (κ2) is 16.1. The molecule has 0 saturated heterocycles. The number of rotatable bonds is 15. The third-order valence-electron chi connectivity index (χ3n) is 4.48. The van der Waals surface area contributed by atoms with Crippen molar-refractivity contribution in [3.05, 3.63) is 36.5 Å². The van der Waals surface area contributed by atoms with Crippen LogP contribution in [-0.2, 0) is 0 Å². The topological polar surface area (TPSA) is 41.6 Å². The SMILES string of the molecule is CCC=CCC=CCC=CCCCCCCCC1=NCCN1CCN. The van der Waals surface area contributed by atoms with Gasteiger partial charge >= 0.3 is 0 Å². The fraction of sp³-hybridized carbons (Fsp3) is 0.682. The summed E-state index contributed by atoms with van der Waals surface area (Å²) in [7, 11) is 0. The minimum Gasteiger partial charge on any atom is -0.357 e. The standard InChI is InChI=1S/C22H39N3/c1-2-3-4-5-6-7-8-9-10-11-12-13-14-15-16-17-22-24-19-21-25(22)20-18-23/h3-4,6-7,9-10H,2,5,8,11-21,23H2,1H3. The van der Waals surface area contributed by atoms with E-state index in [2.05, 4.69) is 53.3 Å². The molecule has 1 aliphatic heterocycles. The first-order valence-electron chi connectivity index (χ1n) is 10.3. The molecule has 0 amide bonds. The predicted molar refractivity (Wildman–Crippen MR) is 112 cm³/mol. The molecule has 0 spiro atoms. The summed E-state index contributed by atoms with van der Waals surface area (Å²) in [6.07, 6.45) is 25.8. The summed E-state index contributed by atoms with van der Waals surface area (Å²) in [6.45, 7) is 5.91. The maximum Gasteiger partial charge on any atom is 0.0990 e. The van der Waals surface area contributed by atoms with Crippen molar-refractivity contribution >= 4 is 5.84 Å². The Kier molecular flexibility index (Phi) is 14.0. The monoisotopic (exact) mass is 345 g/mol. The Morgan fingerprint density at radius 2 is 1.60 bits per heavy atom. The smallest absolute Gasteiger partial charge is 0.0990 e. The van der Waals surface area contributed by atoms with E-state index in [0.29, 0.717) is 0 Å². The number of nitrogens with zero attached hydrogens (tertiary/aromatic N) is 2. The van der Waals surface area contributed by atoms with Gasteiger partial charge in [-0.05, 0) is 38.5 Å². The Bertz CT molecular complexity index is 421. The second-order valence-corrected chi connectivity index (χ2v) is 6.67. The molecule has 0 unspecified atom stereocenters. The van der Waals surface area contributed by atoms with Crippen LogP contribution in [0.3, 0.4) is 0 Å². The van der Waals surface area contributed by atoms with Gasteiger partial charge in [-0.25, -0.2) is 0 Å². The Morgan fingerprint density at radius 3 is 2.36 bits per heavy atom. The fourth-order valence-electron chi connectivity index (χ4n) is 3.06. The fourth-order valence-corrected chi connectivity index (χ4v) is 3.06. The average molecular weight is 346 g/mol. The van der Waals surface area contributed by atoms with Crippen LogP contribution >= 0.6 is 0 Å². The van der Waals surface area contributed by atoms with Crippen LogP contribution in [0.4, 0.5) is 0 Å². The van der Waals surface area contributed by atoms with Gasteiger partial charge in [0.25, 0.3) is 0 Å². The zero-order valence-electron chi connectivity index (χ0n) is 16.3. The molecule has 25 heavy (non-hydrogen) atoms. The van der Waals surface area contributed by atoms with E-state index in [9.17, 15) is 0 Å². The Labute approximate surface area is 155 Å². The highest BCUT2D eigenvalue weighted by molar-refractivity contribution is 5.83. The van der Waals surface area contributed by atoms with Crippen LogP contribution in [0.25, 0.3) is 0 Å². The van der Waals surface area contributed by atoms with Crippen molar-refractivity contribution < 1.29 is 0 Å². The summed E-state index contributed by atoms with van der Waals surface area (Å²) in [6, 6.07) is 0. The van der Waals surface area contributed by atoms with Crippen LogP contribution in [0.2, 0.25) is 0 Å². The second-order valence-electron chi connectivity index (χ2n) is 6.67. The maximum absolute atomic E-state index is 5.65. The minimum absolute atomic E-state index is 0.734. The average Bonchev–Trinajstić information content (AvgIpc) is 3.06. The maximum atomic E-state index is 5.65. The van der Waals surface area contributed by atoms with Gasteiger partial charge in [0.1, 0.15) is 0 Å². The van der Waals surface area contributed by atoms with Crippen molar-refractivity contribution in [1.29, 1.82) is 0 Å². The summed E-state index contributed by atoms with van der Waals surface area (Å²) in [5.74, 6) is 1.30. The number of amidine groups is 1. The van der Waals surface area contributed by atoms with Gasteiger partial charge in [-0.1, -0.05) is 62.6 Å². The first-order valence-corrected chi connectivity index (χ1v) is 10.3. The normalized spacial score (nSPS) is 15.3. The first-order chi connectivity index (χ1) is 12.4. The van der Waals surface area contributed by atoms with E-state index in [1.165, 1.54) is 44.4 Å². The molecule has 0 saturated carbocycles. The van der Waals surface area contributed by atoms with Gasteiger partial charge in [-0.2, -0.15) is 0 Å². The molecule has 0 aliphatic carbocycles. The molecule has 0 aromatic rings. The molecule has 3 heteroatoms. The Hall–Kier alpha value is -1.35. The molecule has 0 radical (unpaired) electrons. The van der Waals surface area contributed by atoms with Crippen molar-refractivity contribution in [2.75, 3.05) is 26.2 Å². The van der Waals surface area contributed by atoms with Gasteiger partial charge in [0, 0.05) is 26.1 Å². The lowest BCUT2D eigenvalue weighted by atomic mass is 10.1. The highest BCUT2D eigenvalue weighted by Crippen LogP contribution is 2.12. The van der Waals surface area contributed by atoms with E-state index in [1.807, 2.05) is 0 Å². The van der Waals surface area contributed by atoms with Gasteiger partial charge in [-0.3, -0.25) is 4.99 Å². The highest BCUT2D eigenvalue weighted by atomic mass is 15.2. The van der Waals surface area contributed by atoms with Crippen LogP contribution in [0.15, 0.2) is 41.4 Å². The molecule has 2 N–H and O–H groups in total. The van der Waals surface area contributed by atoms with Crippen LogP contribution in [-0.4, -0.2) is 36.9 Å². The lowest BCUT2D eigenvalue weighted by molar-refractivity contribution is 0.456. The van der Waals surface area contributed by atoms with Crippen molar-refractivity contribution in [2.45, 2.75) is 71.1 Å². The molecule has 0 aromatic heterocycles. The summed E-state index contributed by atoms with van der Waals surface area (Å²) < 4.78 is 0. The molecular weight excluding hydrogens is 306 g/mol. The molecule has 3 nitrogen and oxygen atoms in total. The van der Waals surface area contributed by atoms with E-state index < -0.39 is 0 Å². The molecular formula is C22H39N3. The Balaban J connectivity index is 1.89. The number of hydrogen-bond donors (Lipinski definition) is 1. The van der Waals surface area contributed by atoms with E-state index in [4.69, 9.17) is 5.73 Å². The van der Waals surface area contributed by atoms with Crippen LogP contribution < -0.4 is 5.73 Å². The van der Waals surface area contributed by atoms with Gasteiger partial charge < -0.3 is 10.6 Å². The number of nitrogens with two attached hydrogens (primary N) is 1. The molecule has 142 valence electrons. The molecule has 1 aliphatic rings. The third-order valence-corrected chi connectivity index (χ3v) is 4.48. The summed E-state index contributed by atoms with van der Waals surface area (Å²) in [5, 5.41) is 0. The zero-order chi connectivity index (χ0) is 18.0. The van der Waals surface area contributed by atoms with Crippen molar-refractivity contribution in [2.24, 2.45) is 10.7 Å². The van der Waals surface area contributed by atoms with Gasteiger partial charge in [0.15, 0.2) is 0 Å². The number of aliphatic imine (C=N–C) groups is 1. The number of unbranched alkanes of at least 4 members (excludes halogenated alkanes) is 5. The lowest BCUT2D eigenvalue weighted by Gasteiger charge is -2.19. The van der Waals surface area contributed by atoms with Gasteiger partial charge in [0.2, 0.25) is 0 Å². The lowest BCUT2D eigenvalue weighted by Crippen LogP contribution is -2.32. The highest BCUT2D eigenvalue weighted by Gasteiger charge is 2.14. The number of allylic oxidation sites excluding steroid dienone is 6. The minimum atomic E-state index is 0.734. The van der Waals surface area contributed by atoms with Crippen molar-refractivity contribution in [3.8, 4) is 0 Å². The van der Waals surface area contributed by atoms with Gasteiger partial charge in [0.05, 0.1) is 12.4 Å². The predicted octanol–water partition coefficient (Wildman–Crippen LogP) is 5.25. The van der Waals surface area contributed by atoms with Crippen LogP contribution in [0, 0.1) is 0 Å². The quantitative estimate of drug-likeness (QED) is 0.325. The van der Waals surface area contributed by atoms with Crippen LogP contribution in [0.1, 0.15) is 71.1 Å². The first kappa shape index (κ1) is 21.7. The van der Waals surface area contributed by atoms with Crippen molar-refractivity contribution in [3.63, 3.8) is 0 Å². The van der Waals surface area contributed by atoms with E-state index in [-0.39, 0.29) is 0 Å². The van der Waals surface area contributed by atoms with E-state index in [1.54, 1.807) is 0 Å². The summed E-state index contributed by atoms with van der Waals surface area (Å²) in [5.41, 5.74) is 5.65. The molecule has 0 bridgehead atoms. The summed E-state index contributed by atoms with van der Waals surface area (Å²) >= 11 is 0. The summed E-state index contributed by atoms with van der Waals surface area (Å²) in [4.78, 5) is 6.97. The van der Waals surface area contributed by atoms with E-state index in [0.717, 1.165) is 51.9 Å². The molecule has 0 fully saturated rings. The molecule has 0 atom stereocenters. The number of hydrogen-bond acceptors (Lipinski definition) is 3.